The van der Waals surface area contributed by atoms with Crippen molar-refractivity contribution in [2.24, 2.45) is 4.99 Å². The number of nitrogens with one attached hydrogen (secondary N) is 2. The summed E-state index contributed by atoms with van der Waals surface area (Å²) < 4.78 is 0. The van der Waals surface area contributed by atoms with Gasteiger partial charge in [-0.05, 0) is 69.9 Å². The molecule has 6 heteroatoms. The van der Waals surface area contributed by atoms with Gasteiger partial charge in [-0.15, -0.1) is 11.3 Å². The number of aryl methyl sites for hydroxylation is 1. The lowest BCUT2D eigenvalue weighted by Gasteiger charge is -2.26. The molecule has 1 aromatic carbocycles. The number of amides is 1. The number of likely N-dealkylation sites (tertiary alicyclic amines) is 1. The minimum atomic E-state index is 0.144. The smallest absolute Gasteiger partial charge is 0.253 e. The summed E-state index contributed by atoms with van der Waals surface area (Å²) in [6.45, 7) is 9.49. The Morgan fingerprint density at radius 2 is 2.00 bits per heavy atom. The first-order valence-corrected chi connectivity index (χ1v) is 11.8. The van der Waals surface area contributed by atoms with Crippen molar-refractivity contribution in [3.8, 4) is 0 Å². The Balaban J connectivity index is 1.61. The maximum Gasteiger partial charge on any atom is 0.253 e. The third kappa shape index (κ3) is 6.59. The number of hydrogen-bond acceptors (Lipinski definition) is 3. The second kappa shape index (κ2) is 11.2. The topological polar surface area (TPSA) is 56.7 Å². The van der Waals surface area contributed by atoms with E-state index in [1.165, 1.54) is 16.2 Å². The van der Waals surface area contributed by atoms with Crippen LogP contribution in [-0.2, 0) is 13.0 Å². The van der Waals surface area contributed by atoms with Gasteiger partial charge in [0.1, 0.15) is 0 Å². The quantitative estimate of drug-likeness (QED) is 0.511. The number of piperidine rings is 1. The van der Waals surface area contributed by atoms with Crippen molar-refractivity contribution in [2.75, 3.05) is 19.6 Å². The summed E-state index contributed by atoms with van der Waals surface area (Å²) in [6, 6.07) is 12.6. The van der Waals surface area contributed by atoms with Gasteiger partial charge in [-0.1, -0.05) is 12.1 Å². The molecule has 0 bridgehead atoms. The molecule has 0 spiro atoms. The summed E-state index contributed by atoms with van der Waals surface area (Å²) in [6.07, 6.45) is 4.42. The lowest BCUT2D eigenvalue weighted by molar-refractivity contribution is 0.0724. The van der Waals surface area contributed by atoms with Crippen molar-refractivity contribution in [1.82, 2.24) is 15.5 Å². The summed E-state index contributed by atoms with van der Waals surface area (Å²) in [5, 5.41) is 6.84. The number of aliphatic imine (C=N–C) groups is 1. The van der Waals surface area contributed by atoms with Gasteiger partial charge in [-0.3, -0.25) is 4.79 Å². The fraction of sp³-hybridized carbons (Fsp3) is 0.500. The second-order valence-corrected chi connectivity index (χ2v) is 9.38. The largest absolute Gasteiger partial charge is 0.357 e. The maximum absolute atomic E-state index is 12.8. The van der Waals surface area contributed by atoms with Gasteiger partial charge < -0.3 is 15.5 Å². The number of hydrogen-bond donors (Lipinski definition) is 2. The van der Waals surface area contributed by atoms with Gasteiger partial charge in [0.05, 0.1) is 6.54 Å². The highest BCUT2D eigenvalue weighted by Crippen LogP contribution is 2.17. The van der Waals surface area contributed by atoms with E-state index in [-0.39, 0.29) is 11.9 Å². The average molecular weight is 427 g/mol. The standard InChI is InChI=1S/C24H34N4OS/c1-4-25-24(27-18(2)15-22-12-11-19(3)30-22)26-17-20-9-8-10-21(16-20)23(29)28-13-6-5-7-14-28/h8-12,16,18H,4-7,13-15,17H2,1-3H3,(H2,25,26,27). The number of guanidine groups is 1. The zero-order chi connectivity index (χ0) is 21.3. The van der Waals surface area contributed by atoms with Gasteiger partial charge >= 0.3 is 0 Å². The molecule has 3 rings (SSSR count). The lowest BCUT2D eigenvalue weighted by Crippen LogP contribution is -2.43. The van der Waals surface area contributed by atoms with E-state index in [1.807, 2.05) is 40.5 Å². The molecule has 1 aliphatic rings. The Morgan fingerprint density at radius 3 is 2.70 bits per heavy atom. The van der Waals surface area contributed by atoms with Gasteiger partial charge in [0.15, 0.2) is 5.96 Å². The highest BCUT2D eigenvalue weighted by Gasteiger charge is 2.18. The molecule has 1 amide bonds. The minimum absolute atomic E-state index is 0.144. The SMILES string of the molecule is CCNC(=NCc1cccc(C(=O)N2CCCCC2)c1)NC(C)Cc1ccc(C)s1. The van der Waals surface area contributed by atoms with Crippen LogP contribution in [0.3, 0.4) is 0 Å². The first kappa shape index (κ1) is 22.3. The molecular formula is C24H34N4OS. The van der Waals surface area contributed by atoms with Crippen molar-refractivity contribution in [1.29, 1.82) is 0 Å². The van der Waals surface area contributed by atoms with E-state index in [0.29, 0.717) is 6.54 Å². The van der Waals surface area contributed by atoms with E-state index >= 15 is 0 Å². The monoisotopic (exact) mass is 426 g/mol. The van der Waals surface area contributed by atoms with Crippen LogP contribution < -0.4 is 10.6 Å². The molecule has 0 aliphatic carbocycles. The van der Waals surface area contributed by atoms with Crippen molar-refractivity contribution >= 4 is 23.2 Å². The zero-order valence-corrected chi connectivity index (χ0v) is 19.2. The molecular weight excluding hydrogens is 392 g/mol. The molecule has 1 atom stereocenters. The van der Waals surface area contributed by atoms with Crippen molar-refractivity contribution in [3.05, 3.63) is 57.3 Å². The summed E-state index contributed by atoms with van der Waals surface area (Å²) in [7, 11) is 0. The van der Waals surface area contributed by atoms with E-state index in [4.69, 9.17) is 4.99 Å². The fourth-order valence-corrected chi connectivity index (χ4v) is 4.77. The second-order valence-electron chi connectivity index (χ2n) is 8.01. The van der Waals surface area contributed by atoms with Crippen LogP contribution in [0.1, 0.15) is 58.8 Å². The van der Waals surface area contributed by atoms with Crippen molar-refractivity contribution in [2.45, 2.75) is 59.0 Å². The summed E-state index contributed by atoms with van der Waals surface area (Å²) in [5.74, 6) is 0.955. The van der Waals surface area contributed by atoms with Crippen LogP contribution in [0.4, 0.5) is 0 Å². The van der Waals surface area contributed by atoms with Crippen molar-refractivity contribution in [3.63, 3.8) is 0 Å². The van der Waals surface area contributed by atoms with Crippen molar-refractivity contribution < 1.29 is 4.79 Å². The Bertz CT molecular complexity index is 854. The highest BCUT2D eigenvalue weighted by molar-refractivity contribution is 7.11. The molecule has 1 saturated heterocycles. The normalized spacial score (nSPS) is 15.7. The number of benzene rings is 1. The molecule has 2 N–H and O–H groups in total. The molecule has 5 nitrogen and oxygen atoms in total. The van der Waals surface area contributed by atoms with Gasteiger partial charge in [0.25, 0.3) is 5.91 Å². The third-order valence-corrected chi connectivity index (χ3v) is 6.29. The molecule has 162 valence electrons. The third-order valence-electron chi connectivity index (χ3n) is 5.27. The maximum atomic E-state index is 12.8. The van der Waals surface area contributed by atoms with Gasteiger partial charge in [0.2, 0.25) is 0 Å². The molecule has 0 saturated carbocycles. The van der Waals surface area contributed by atoms with Crippen LogP contribution >= 0.6 is 11.3 Å². The van der Waals surface area contributed by atoms with Crippen LogP contribution in [-0.4, -0.2) is 42.4 Å². The predicted octanol–water partition coefficient (Wildman–Crippen LogP) is 4.37. The Labute approximate surface area is 184 Å². The average Bonchev–Trinajstić information content (AvgIpc) is 3.16. The molecule has 2 heterocycles. The minimum Gasteiger partial charge on any atom is -0.357 e. The molecule has 1 aliphatic heterocycles. The molecule has 2 aromatic rings. The van der Waals surface area contributed by atoms with Crippen LogP contribution in [0.25, 0.3) is 0 Å². The molecule has 1 aromatic heterocycles. The Kier molecular flexibility index (Phi) is 8.31. The predicted molar refractivity (Wildman–Crippen MR) is 126 cm³/mol. The van der Waals surface area contributed by atoms with E-state index in [9.17, 15) is 4.79 Å². The van der Waals surface area contributed by atoms with Crippen LogP contribution in [0, 0.1) is 6.92 Å². The van der Waals surface area contributed by atoms with E-state index < -0.39 is 0 Å². The van der Waals surface area contributed by atoms with E-state index in [2.05, 4.69) is 43.5 Å². The van der Waals surface area contributed by atoms with E-state index in [1.54, 1.807) is 0 Å². The van der Waals surface area contributed by atoms with Gasteiger partial charge in [-0.2, -0.15) is 0 Å². The lowest BCUT2D eigenvalue weighted by atomic mass is 10.1. The number of rotatable bonds is 7. The first-order chi connectivity index (χ1) is 14.5. The van der Waals surface area contributed by atoms with Gasteiger partial charge in [0, 0.05) is 47.4 Å². The molecule has 1 fully saturated rings. The van der Waals surface area contributed by atoms with Crippen LogP contribution in [0.2, 0.25) is 0 Å². The zero-order valence-electron chi connectivity index (χ0n) is 18.4. The number of thiophene rings is 1. The van der Waals surface area contributed by atoms with Gasteiger partial charge in [-0.25, -0.2) is 4.99 Å². The first-order valence-electron chi connectivity index (χ1n) is 11.0. The molecule has 0 radical (unpaired) electrons. The van der Waals surface area contributed by atoms with Crippen LogP contribution in [0.15, 0.2) is 41.4 Å². The summed E-state index contributed by atoms with van der Waals surface area (Å²) in [5.41, 5.74) is 1.82. The number of nitrogens with zero attached hydrogens (tertiary/aromatic N) is 2. The Hall–Kier alpha value is -2.34. The highest BCUT2D eigenvalue weighted by atomic mass is 32.1. The molecule has 30 heavy (non-hydrogen) atoms. The number of carbonyl (C=O) groups is 1. The van der Waals surface area contributed by atoms with E-state index in [0.717, 1.165) is 56.0 Å². The molecule has 1 unspecified atom stereocenters. The summed E-state index contributed by atoms with van der Waals surface area (Å²) >= 11 is 1.85. The van der Waals surface area contributed by atoms with Crippen LogP contribution in [0.5, 0.6) is 0 Å². The number of carbonyl (C=O) groups excluding carboxylic acids is 1. The fourth-order valence-electron chi connectivity index (χ4n) is 3.75. The Morgan fingerprint density at radius 1 is 1.20 bits per heavy atom. The summed E-state index contributed by atoms with van der Waals surface area (Å²) in [4.78, 5) is 22.2.